The minimum absolute atomic E-state index is 0.0132. The number of hydrogen-bond donors (Lipinski definition) is 0. The van der Waals surface area contributed by atoms with Crippen molar-refractivity contribution in [2.75, 3.05) is 6.61 Å². The van der Waals surface area contributed by atoms with Crippen molar-refractivity contribution in [1.82, 2.24) is 0 Å². The fourth-order valence-corrected chi connectivity index (χ4v) is 3.49. The summed E-state index contributed by atoms with van der Waals surface area (Å²) in [5.41, 5.74) is 0.192. The zero-order chi connectivity index (χ0) is 23.8. The van der Waals surface area contributed by atoms with Crippen LogP contribution in [0, 0.1) is 0 Å². The van der Waals surface area contributed by atoms with Gasteiger partial charge in [0.15, 0.2) is 0 Å². The van der Waals surface area contributed by atoms with Crippen molar-refractivity contribution in [3.8, 4) is 0 Å². The zero-order valence-electron chi connectivity index (χ0n) is 19.8. The van der Waals surface area contributed by atoms with Gasteiger partial charge in [-0.15, -0.1) is 0 Å². The predicted octanol–water partition coefficient (Wildman–Crippen LogP) is 7.67. The zero-order valence-corrected chi connectivity index (χ0v) is 19.8. The van der Waals surface area contributed by atoms with Gasteiger partial charge in [-0.25, -0.2) is 0 Å². The molecule has 1 saturated carbocycles. The van der Waals surface area contributed by atoms with Crippen LogP contribution in [0.3, 0.4) is 0 Å². The second kappa shape index (κ2) is 15.9. The average Bonchev–Trinajstić information content (AvgIpc) is 3.24. The van der Waals surface area contributed by atoms with Crippen molar-refractivity contribution in [3.63, 3.8) is 0 Å². The first kappa shape index (κ1) is 28.2. The molecule has 0 heterocycles. The molecule has 0 N–H and O–H groups in total. The summed E-state index contributed by atoms with van der Waals surface area (Å²) in [6.45, 7) is 6.43. The van der Waals surface area contributed by atoms with E-state index < -0.39 is 11.7 Å². The molecule has 2 rings (SSSR count). The molecule has 0 atom stereocenters. The van der Waals surface area contributed by atoms with Gasteiger partial charge in [0.05, 0.1) is 17.8 Å². The van der Waals surface area contributed by atoms with E-state index in [1.807, 2.05) is 26.8 Å². The monoisotopic (exact) mass is 456 g/mol. The summed E-state index contributed by atoms with van der Waals surface area (Å²) in [6.07, 6.45) is 9.91. The molecule has 0 unspecified atom stereocenters. The molecule has 0 amide bonds. The van der Waals surface area contributed by atoms with E-state index >= 15 is 0 Å². The Balaban J connectivity index is 0.000000368. The summed E-state index contributed by atoms with van der Waals surface area (Å²) in [5, 5.41) is 0. The number of alkyl halides is 3. The van der Waals surface area contributed by atoms with Crippen LogP contribution in [0.15, 0.2) is 36.4 Å². The third-order valence-corrected chi connectivity index (χ3v) is 5.12. The SMILES string of the molecule is C/C=C\CCCC(=O)OC(C)C.FC(F)(F)c1cccc(CCCCOC2CCCC2)c1. The van der Waals surface area contributed by atoms with Crippen LogP contribution in [-0.4, -0.2) is 24.8 Å². The summed E-state index contributed by atoms with van der Waals surface area (Å²) in [5.74, 6) is -0.0884. The Kier molecular flexibility index (Phi) is 14.0. The molecule has 32 heavy (non-hydrogen) atoms. The molecule has 1 aliphatic carbocycles. The van der Waals surface area contributed by atoms with Crippen LogP contribution in [0.25, 0.3) is 0 Å². The lowest BCUT2D eigenvalue weighted by Gasteiger charge is -2.11. The number of aryl methyl sites for hydroxylation is 1. The number of esters is 1. The van der Waals surface area contributed by atoms with Gasteiger partial charge in [0, 0.05) is 13.0 Å². The molecule has 6 heteroatoms. The number of benzene rings is 1. The number of halogens is 3. The van der Waals surface area contributed by atoms with E-state index in [1.165, 1.54) is 25.0 Å². The maximum absolute atomic E-state index is 12.6. The molecule has 0 saturated heterocycles. The summed E-state index contributed by atoms with van der Waals surface area (Å²) in [4.78, 5) is 11.0. The van der Waals surface area contributed by atoms with Crippen LogP contribution >= 0.6 is 0 Å². The van der Waals surface area contributed by atoms with E-state index in [1.54, 1.807) is 6.07 Å². The highest BCUT2D eigenvalue weighted by Gasteiger charge is 2.30. The molecule has 1 aromatic rings. The fourth-order valence-electron chi connectivity index (χ4n) is 3.49. The van der Waals surface area contributed by atoms with E-state index in [-0.39, 0.29) is 12.1 Å². The molecule has 0 bridgehead atoms. The van der Waals surface area contributed by atoms with Crippen LogP contribution in [0.4, 0.5) is 13.2 Å². The summed E-state index contributed by atoms with van der Waals surface area (Å²) < 4.78 is 48.4. The molecule has 1 fully saturated rings. The van der Waals surface area contributed by atoms with Gasteiger partial charge in [0.25, 0.3) is 0 Å². The Morgan fingerprint density at radius 2 is 1.88 bits per heavy atom. The molecule has 0 spiro atoms. The molecule has 3 nitrogen and oxygen atoms in total. The van der Waals surface area contributed by atoms with Crippen LogP contribution in [-0.2, 0) is 26.9 Å². The molecule has 1 aromatic carbocycles. The first-order valence-electron chi connectivity index (χ1n) is 11.8. The van der Waals surface area contributed by atoms with Gasteiger partial charge in [0.2, 0.25) is 0 Å². The van der Waals surface area contributed by atoms with Crippen molar-refractivity contribution in [1.29, 1.82) is 0 Å². The number of allylic oxidation sites excluding steroid dienone is 2. The van der Waals surface area contributed by atoms with E-state index in [0.29, 0.717) is 18.9 Å². The number of rotatable bonds is 11. The highest BCUT2D eigenvalue weighted by atomic mass is 19.4. The topological polar surface area (TPSA) is 35.5 Å². The average molecular weight is 457 g/mol. The van der Waals surface area contributed by atoms with Crippen LogP contribution < -0.4 is 0 Å². The van der Waals surface area contributed by atoms with E-state index in [9.17, 15) is 18.0 Å². The van der Waals surface area contributed by atoms with Gasteiger partial charge >= 0.3 is 12.1 Å². The number of hydrogen-bond acceptors (Lipinski definition) is 3. The molecule has 0 aliphatic heterocycles. The van der Waals surface area contributed by atoms with Crippen molar-refractivity contribution in [3.05, 3.63) is 47.5 Å². The third kappa shape index (κ3) is 13.6. The molecule has 182 valence electrons. The van der Waals surface area contributed by atoms with E-state index in [2.05, 4.69) is 6.08 Å². The van der Waals surface area contributed by atoms with E-state index in [0.717, 1.165) is 56.8 Å². The second-order valence-corrected chi connectivity index (χ2v) is 8.43. The van der Waals surface area contributed by atoms with Crippen molar-refractivity contribution in [2.24, 2.45) is 0 Å². The Bertz CT molecular complexity index is 663. The Hall–Kier alpha value is -1.82. The van der Waals surface area contributed by atoms with Gasteiger partial charge in [-0.2, -0.15) is 13.2 Å². The Labute approximate surface area is 191 Å². The summed E-state index contributed by atoms with van der Waals surface area (Å²) in [6, 6.07) is 5.60. The first-order valence-corrected chi connectivity index (χ1v) is 11.8. The van der Waals surface area contributed by atoms with Crippen molar-refractivity contribution >= 4 is 5.97 Å². The van der Waals surface area contributed by atoms with Crippen molar-refractivity contribution in [2.45, 2.75) is 103 Å². The molecular weight excluding hydrogens is 417 g/mol. The minimum Gasteiger partial charge on any atom is -0.463 e. The highest BCUT2D eigenvalue weighted by Crippen LogP contribution is 2.29. The van der Waals surface area contributed by atoms with Crippen LogP contribution in [0.1, 0.15) is 89.7 Å². The number of unbranched alkanes of at least 4 members (excludes halogenated alkanes) is 2. The Morgan fingerprint density at radius 1 is 1.16 bits per heavy atom. The van der Waals surface area contributed by atoms with Gasteiger partial charge in [-0.05, 0) is 77.3 Å². The number of ether oxygens (including phenoxy) is 2. The molecular formula is C26H39F3O3. The Morgan fingerprint density at radius 3 is 2.50 bits per heavy atom. The minimum atomic E-state index is -4.25. The smallest absolute Gasteiger partial charge is 0.416 e. The standard InChI is InChI=1S/C16H21F3O.C10H18O2/c17-16(18,19)14-8-5-7-13(12-14)6-3-4-11-20-15-9-1-2-10-15;1-4-5-6-7-8-10(11)12-9(2)3/h5,7-8,12,15H,1-4,6,9-11H2;4-5,9H,6-8H2,1-3H3/b;5-4-. The van der Waals surface area contributed by atoms with Gasteiger partial charge < -0.3 is 9.47 Å². The quantitative estimate of drug-likeness (QED) is 0.195. The molecule has 0 radical (unpaired) electrons. The summed E-state index contributed by atoms with van der Waals surface area (Å²) >= 11 is 0. The second-order valence-electron chi connectivity index (χ2n) is 8.43. The lowest BCUT2D eigenvalue weighted by Crippen LogP contribution is -2.10. The maximum Gasteiger partial charge on any atom is 0.416 e. The summed E-state index contributed by atoms with van der Waals surface area (Å²) in [7, 11) is 0. The first-order chi connectivity index (χ1) is 15.2. The number of carbonyl (C=O) groups excluding carboxylic acids is 1. The molecule has 0 aromatic heterocycles. The predicted molar refractivity (Wildman–Crippen MR) is 122 cm³/mol. The van der Waals surface area contributed by atoms with Crippen LogP contribution in [0.5, 0.6) is 0 Å². The third-order valence-electron chi connectivity index (χ3n) is 5.12. The van der Waals surface area contributed by atoms with Gasteiger partial charge in [-0.1, -0.05) is 43.2 Å². The largest absolute Gasteiger partial charge is 0.463 e. The van der Waals surface area contributed by atoms with Crippen LogP contribution in [0.2, 0.25) is 0 Å². The number of carbonyl (C=O) groups is 1. The van der Waals surface area contributed by atoms with Gasteiger partial charge in [0.1, 0.15) is 0 Å². The normalized spacial score (nSPS) is 14.6. The molecule has 1 aliphatic rings. The van der Waals surface area contributed by atoms with Gasteiger partial charge in [-0.3, -0.25) is 4.79 Å². The maximum atomic E-state index is 12.6. The highest BCUT2D eigenvalue weighted by molar-refractivity contribution is 5.69. The lowest BCUT2D eigenvalue weighted by molar-refractivity contribution is -0.147. The van der Waals surface area contributed by atoms with Crippen molar-refractivity contribution < 1.29 is 27.4 Å². The fraction of sp³-hybridized carbons (Fsp3) is 0.654. The lowest BCUT2D eigenvalue weighted by atomic mass is 10.1. The van der Waals surface area contributed by atoms with E-state index in [4.69, 9.17) is 9.47 Å².